The van der Waals surface area contributed by atoms with E-state index in [2.05, 4.69) is 47.8 Å². The second-order valence-corrected chi connectivity index (χ2v) is 5.80. The first-order valence-corrected chi connectivity index (χ1v) is 7.74. The molecule has 4 nitrogen and oxygen atoms in total. The average molecular weight is 266 g/mol. The molecule has 19 heavy (non-hydrogen) atoms. The van der Waals surface area contributed by atoms with Gasteiger partial charge in [-0.3, -0.25) is 4.68 Å². The Labute approximate surface area is 118 Å². The molecule has 1 aromatic rings. The quantitative estimate of drug-likeness (QED) is 0.662. The van der Waals surface area contributed by atoms with E-state index >= 15 is 0 Å². The highest BCUT2D eigenvalue weighted by Gasteiger charge is 2.15. The fourth-order valence-electron chi connectivity index (χ4n) is 2.49. The van der Waals surface area contributed by atoms with Crippen molar-refractivity contribution < 1.29 is 0 Å². The molecule has 1 unspecified atom stereocenters. The van der Waals surface area contributed by atoms with E-state index in [0.717, 1.165) is 44.2 Å². The number of hydrogen-bond donors (Lipinski definition) is 1. The molecule has 0 aliphatic carbocycles. The molecule has 0 aliphatic heterocycles. The van der Waals surface area contributed by atoms with Gasteiger partial charge in [-0.1, -0.05) is 27.7 Å². The van der Waals surface area contributed by atoms with E-state index in [1.54, 1.807) is 6.33 Å². The molecule has 1 aromatic heterocycles. The first kappa shape index (κ1) is 16.2. The molecule has 4 heteroatoms. The minimum Gasteiger partial charge on any atom is -0.316 e. The molecule has 1 atom stereocenters. The Morgan fingerprint density at radius 2 is 2.05 bits per heavy atom. The van der Waals surface area contributed by atoms with E-state index in [4.69, 9.17) is 0 Å². The van der Waals surface area contributed by atoms with Gasteiger partial charge in [0.25, 0.3) is 0 Å². The Kier molecular flexibility index (Phi) is 7.72. The summed E-state index contributed by atoms with van der Waals surface area (Å²) >= 11 is 0. The SMILES string of the molecule is CCCNCC(Cc1ncnn1CCC)CC(C)C. The van der Waals surface area contributed by atoms with E-state index in [9.17, 15) is 0 Å². The van der Waals surface area contributed by atoms with Crippen LogP contribution in [0.4, 0.5) is 0 Å². The van der Waals surface area contributed by atoms with Gasteiger partial charge in [-0.05, 0) is 44.2 Å². The van der Waals surface area contributed by atoms with Crippen LogP contribution in [0.15, 0.2) is 6.33 Å². The molecule has 0 radical (unpaired) electrons. The summed E-state index contributed by atoms with van der Waals surface area (Å²) in [5, 5.41) is 7.87. The smallest absolute Gasteiger partial charge is 0.138 e. The summed E-state index contributed by atoms with van der Waals surface area (Å²) in [4.78, 5) is 4.43. The zero-order valence-corrected chi connectivity index (χ0v) is 13.0. The summed E-state index contributed by atoms with van der Waals surface area (Å²) in [6.07, 6.45) is 6.28. The van der Waals surface area contributed by atoms with E-state index < -0.39 is 0 Å². The zero-order chi connectivity index (χ0) is 14.1. The molecule has 110 valence electrons. The molecular formula is C15H30N4. The van der Waals surface area contributed by atoms with Crippen LogP contribution in [0.1, 0.15) is 52.8 Å². The molecule has 1 N–H and O–H groups in total. The number of aryl methyl sites for hydroxylation is 1. The molecule has 0 fully saturated rings. The van der Waals surface area contributed by atoms with E-state index in [0.29, 0.717) is 5.92 Å². The van der Waals surface area contributed by atoms with Crippen LogP contribution in [-0.4, -0.2) is 27.9 Å². The third kappa shape index (κ3) is 6.19. The molecular weight excluding hydrogens is 236 g/mol. The fourth-order valence-corrected chi connectivity index (χ4v) is 2.49. The van der Waals surface area contributed by atoms with Gasteiger partial charge in [0.05, 0.1) is 0 Å². The number of nitrogens with zero attached hydrogens (tertiary/aromatic N) is 3. The van der Waals surface area contributed by atoms with Crippen LogP contribution in [0.25, 0.3) is 0 Å². The number of hydrogen-bond acceptors (Lipinski definition) is 3. The van der Waals surface area contributed by atoms with Gasteiger partial charge in [0, 0.05) is 13.0 Å². The van der Waals surface area contributed by atoms with Crippen molar-refractivity contribution in [1.82, 2.24) is 20.1 Å². The van der Waals surface area contributed by atoms with Gasteiger partial charge >= 0.3 is 0 Å². The Morgan fingerprint density at radius 3 is 2.68 bits per heavy atom. The molecule has 0 aliphatic rings. The average Bonchev–Trinajstić information content (AvgIpc) is 2.77. The van der Waals surface area contributed by atoms with Crippen LogP contribution >= 0.6 is 0 Å². The summed E-state index contributed by atoms with van der Waals surface area (Å²) in [6.45, 7) is 12.2. The number of nitrogens with one attached hydrogen (secondary N) is 1. The van der Waals surface area contributed by atoms with Crippen LogP contribution in [0, 0.1) is 11.8 Å². The third-order valence-electron chi connectivity index (χ3n) is 3.27. The fraction of sp³-hybridized carbons (Fsp3) is 0.867. The van der Waals surface area contributed by atoms with Crippen molar-refractivity contribution in [2.24, 2.45) is 11.8 Å². The van der Waals surface area contributed by atoms with Crippen molar-refractivity contribution >= 4 is 0 Å². The highest BCUT2D eigenvalue weighted by Crippen LogP contribution is 2.16. The summed E-state index contributed by atoms with van der Waals surface area (Å²) in [6, 6.07) is 0. The maximum atomic E-state index is 4.43. The van der Waals surface area contributed by atoms with Gasteiger partial charge in [-0.25, -0.2) is 4.98 Å². The summed E-state index contributed by atoms with van der Waals surface area (Å²) < 4.78 is 2.06. The second kappa shape index (κ2) is 9.08. The molecule has 1 heterocycles. The molecule has 0 spiro atoms. The first-order chi connectivity index (χ1) is 9.17. The van der Waals surface area contributed by atoms with Crippen molar-refractivity contribution in [3.63, 3.8) is 0 Å². The lowest BCUT2D eigenvalue weighted by atomic mass is 9.93. The van der Waals surface area contributed by atoms with Gasteiger partial charge in [-0.2, -0.15) is 5.10 Å². The Hall–Kier alpha value is -0.900. The Morgan fingerprint density at radius 1 is 1.26 bits per heavy atom. The summed E-state index contributed by atoms with van der Waals surface area (Å²) in [5.41, 5.74) is 0. The summed E-state index contributed by atoms with van der Waals surface area (Å²) in [5.74, 6) is 2.54. The first-order valence-electron chi connectivity index (χ1n) is 7.74. The van der Waals surface area contributed by atoms with Crippen molar-refractivity contribution in [1.29, 1.82) is 0 Å². The largest absolute Gasteiger partial charge is 0.316 e. The number of aromatic nitrogens is 3. The predicted octanol–water partition coefficient (Wildman–Crippen LogP) is 2.89. The highest BCUT2D eigenvalue weighted by atomic mass is 15.3. The maximum Gasteiger partial charge on any atom is 0.138 e. The van der Waals surface area contributed by atoms with Crippen LogP contribution < -0.4 is 5.32 Å². The lowest BCUT2D eigenvalue weighted by molar-refractivity contribution is 0.372. The Balaban J connectivity index is 2.56. The maximum absolute atomic E-state index is 4.43. The van der Waals surface area contributed by atoms with Crippen molar-refractivity contribution in [3.8, 4) is 0 Å². The minimum absolute atomic E-state index is 0.659. The molecule has 0 amide bonds. The lowest BCUT2D eigenvalue weighted by Gasteiger charge is -2.19. The molecule has 0 bridgehead atoms. The van der Waals surface area contributed by atoms with Gasteiger partial charge in [0.2, 0.25) is 0 Å². The molecule has 0 aromatic carbocycles. The minimum atomic E-state index is 0.659. The third-order valence-corrected chi connectivity index (χ3v) is 3.27. The second-order valence-electron chi connectivity index (χ2n) is 5.80. The summed E-state index contributed by atoms with van der Waals surface area (Å²) in [7, 11) is 0. The van der Waals surface area contributed by atoms with Crippen molar-refractivity contribution in [3.05, 3.63) is 12.2 Å². The van der Waals surface area contributed by atoms with E-state index in [-0.39, 0.29) is 0 Å². The van der Waals surface area contributed by atoms with Crippen LogP contribution in [0.3, 0.4) is 0 Å². The molecule has 1 rings (SSSR count). The standard InChI is InChI=1S/C15H30N4/c1-5-7-16-11-14(9-13(3)4)10-15-17-12-18-19(15)8-6-2/h12-14,16H,5-11H2,1-4H3. The normalized spacial score (nSPS) is 13.1. The van der Waals surface area contributed by atoms with E-state index in [1.165, 1.54) is 12.8 Å². The molecule has 0 saturated heterocycles. The molecule has 0 saturated carbocycles. The predicted molar refractivity (Wildman–Crippen MR) is 80.1 cm³/mol. The van der Waals surface area contributed by atoms with Crippen LogP contribution in [0.5, 0.6) is 0 Å². The van der Waals surface area contributed by atoms with Gasteiger partial charge in [0.1, 0.15) is 12.2 Å². The van der Waals surface area contributed by atoms with Crippen molar-refractivity contribution in [2.45, 2.75) is 59.9 Å². The van der Waals surface area contributed by atoms with Gasteiger partial charge in [0.15, 0.2) is 0 Å². The topological polar surface area (TPSA) is 42.7 Å². The highest BCUT2D eigenvalue weighted by molar-refractivity contribution is 4.88. The van der Waals surface area contributed by atoms with Gasteiger partial charge < -0.3 is 5.32 Å². The lowest BCUT2D eigenvalue weighted by Crippen LogP contribution is -2.27. The number of rotatable bonds is 10. The zero-order valence-electron chi connectivity index (χ0n) is 13.0. The Bertz CT molecular complexity index is 333. The monoisotopic (exact) mass is 266 g/mol. The van der Waals surface area contributed by atoms with Crippen LogP contribution in [-0.2, 0) is 13.0 Å². The van der Waals surface area contributed by atoms with E-state index in [1.807, 2.05) is 0 Å². The van der Waals surface area contributed by atoms with Crippen molar-refractivity contribution in [2.75, 3.05) is 13.1 Å². The van der Waals surface area contributed by atoms with Gasteiger partial charge in [-0.15, -0.1) is 0 Å². The van der Waals surface area contributed by atoms with Crippen LogP contribution in [0.2, 0.25) is 0 Å².